The Morgan fingerprint density at radius 2 is 1.82 bits per heavy atom. The molecule has 0 fully saturated rings. The highest BCUT2D eigenvalue weighted by atomic mass is 16.3. The van der Waals surface area contributed by atoms with Crippen molar-refractivity contribution >= 4 is 6.29 Å². The molecule has 0 unspecified atom stereocenters. The Morgan fingerprint density at radius 1 is 1.36 bits per heavy atom. The molecule has 58 valence electrons. The molecular weight excluding hydrogens is 140 g/mol. The maximum atomic E-state index is 8.92. The third kappa shape index (κ3) is 2.51. The van der Waals surface area contributed by atoms with Crippen molar-refractivity contribution in [1.29, 1.82) is 0 Å². The lowest BCUT2D eigenvalue weighted by Gasteiger charge is -1.69. The van der Waals surface area contributed by atoms with Crippen molar-refractivity contribution in [1.82, 2.24) is 0 Å². The van der Waals surface area contributed by atoms with E-state index < -0.39 is 0 Å². The van der Waals surface area contributed by atoms with E-state index in [-0.39, 0.29) is 6.61 Å². The molecule has 1 aliphatic rings. The molecule has 0 atom stereocenters. The Hall–Kier alpha value is -1.15. The summed E-state index contributed by atoms with van der Waals surface area (Å²) in [5.41, 5.74) is 3.06. The van der Waals surface area contributed by atoms with Crippen LogP contribution in [0.5, 0.6) is 0 Å². The fraction of sp³-hybridized carbons (Fsp3) is 0.222. The average Bonchev–Trinajstić information content (AvgIpc) is 2.83. The van der Waals surface area contributed by atoms with Crippen LogP contribution in [0, 0.1) is 0 Å². The van der Waals surface area contributed by atoms with Gasteiger partial charge >= 0.3 is 0 Å². The Bertz CT molecular complexity index is 222. The van der Waals surface area contributed by atoms with Gasteiger partial charge in [-0.25, -0.2) is 0 Å². The molecule has 0 amide bonds. The molecule has 2 rings (SSSR count). The van der Waals surface area contributed by atoms with Crippen LogP contribution in [-0.2, 0) is 11.2 Å². The minimum Gasteiger partial charge on any atom is -0.389 e. The van der Waals surface area contributed by atoms with Crippen LogP contribution >= 0.6 is 0 Å². The molecule has 2 heteroatoms. The molecule has 1 N–H and O–H groups in total. The minimum absolute atomic E-state index is 0.361. The number of aldehydes is 1. The molecule has 1 aromatic rings. The summed E-state index contributed by atoms with van der Waals surface area (Å²) in [4.78, 5) is 8.92. The van der Waals surface area contributed by atoms with Gasteiger partial charge in [-0.2, -0.15) is 0 Å². The normalized spacial score (nSPS) is 10.6. The second kappa shape index (κ2) is 3.88. The predicted molar refractivity (Wildman–Crippen MR) is 42.4 cm³/mol. The lowest BCUT2D eigenvalue weighted by atomic mass is 10.4. The molecule has 1 aromatic carbocycles. The van der Waals surface area contributed by atoms with Crippen LogP contribution in [0.2, 0.25) is 0 Å². The predicted octanol–water partition coefficient (Wildman–Crippen LogP) is 0.768. The summed E-state index contributed by atoms with van der Waals surface area (Å²) in [5, 5.41) is 7.51. The Labute approximate surface area is 65.5 Å². The van der Waals surface area contributed by atoms with Crippen LogP contribution in [0.1, 0.15) is 11.1 Å². The molecule has 0 spiro atoms. The van der Waals surface area contributed by atoms with E-state index in [1.807, 2.05) is 0 Å². The largest absolute Gasteiger partial charge is 0.389 e. The maximum Gasteiger partial charge on any atom is 0.145 e. The zero-order chi connectivity index (χ0) is 8.10. The van der Waals surface area contributed by atoms with Gasteiger partial charge in [-0.3, -0.25) is 0 Å². The maximum absolute atomic E-state index is 8.92. The Morgan fingerprint density at radius 3 is 2.09 bits per heavy atom. The number of benzene rings is 1. The quantitative estimate of drug-likeness (QED) is 0.609. The van der Waals surface area contributed by atoms with Crippen LogP contribution in [0.15, 0.2) is 24.3 Å². The van der Waals surface area contributed by atoms with E-state index in [1.165, 1.54) is 17.5 Å². The zero-order valence-corrected chi connectivity index (χ0v) is 6.16. The van der Waals surface area contributed by atoms with E-state index in [2.05, 4.69) is 24.3 Å². The molecular formula is C9H10O2. The third-order valence-corrected chi connectivity index (χ3v) is 1.45. The standard InChI is InChI=1S/C7H6.C2H4O2/c1-2-4-7-5-6(7)3-1;3-1-2-4/h1-4H,5H2;1,4H,2H2. The first-order valence-corrected chi connectivity index (χ1v) is 3.49. The fourth-order valence-corrected chi connectivity index (χ4v) is 0.836. The number of carbonyl (C=O) groups is 1. The van der Waals surface area contributed by atoms with E-state index in [1.54, 1.807) is 0 Å². The first-order chi connectivity index (χ1) is 5.38. The van der Waals surface area contributed by atoms with E-state index in [0.29, 0.717) is 6.29 Å². The molecule has 0 bridgehead atoms. The molecule has 0 saturated heterocycles. The van der Waals surface area contributed by atoms with Crippen molar-refractivity contribution < 1.29 is 9.90 Å². The van der Waals surface area contributed by atoms with Crippen molar-refractivity contribution in [3.05, 3.63) is 35.4 Å². The minimum atomic E-state index is -0.361. The first kappa shape index (κ1) is 7.95. The summed E-state index contributed by atoms with van der Waals surface area (Å²) < 4.78 is 0. The molecule has 11 heavy (non-hydrogen) atoms. The van der Waals surface area contributed by atoms with Crippen molar-refractivity contribution in [3.63, 3.8) is 0 Å². The Balaban J connectivity index is 0.000000134. The van der Waals surface area contributed by atoms with Gasteiger partial charge in [0.25, 0.3) is 0 Å². The molecule has 1 aliphatic carbocycles. The van der Waals surface area contributed by atoms with Gasteiger partial charge in [-0.1, -0.05) is 24.3 Å². The summed E-state index contributed by atoms with van der Waals surface area (Å²) in [5.74, 6) is 0. The topological polar surface area (TPSA) is 37.3 Å². The van der Waals surface area contributed by atoms with Gasteiger partial charge < -0.3 is 9.90 Å². The van der Waals surface area contributed by atoms with Crippen LogP contribution in [-0.4, -0.2) is 18.0 Å². The van der Waals surface area contributed by atoms with Gasteiger partial charge in [0, 0.05) is 0 Å². The number of carbonyl (C=O) groups excluding carboxylic acids is 1. The molecule has 0 saturated carbocycles. The number of hydrogen-bond acceptors (Lipinski definition) is 2. The molecule has 0 aromatic heterocycles. The van der Waals surface area contributed by atoms with Gasteiger partial charge in [0.1, 0.15) is 6.29 Å². The molecule has 0 heterocycles. The number of aliphatic hydroxyl groups excluding tert-OH is 1. The van der Waals surface area contributed by atoms with Crippen LogP contribution < -0.4 is 0 Å². The van der Waals surface area contributed by atoms with Gasteiger partial charge in [0.2, 0.25) is 0 Å². The van der Waals surface area contributed by atoms with Crippen molar-refractivity contribution in [2.45, 2.75) is 6.42 Å². The van der Waals surface area contributed by atoms with Gasteiger partial charge in [-0.15, -0.1) is 0 Å². The number of rotatable bonds is 1. The summed E-state index contributed by atoms with van der Waals surface area (Å²) >= 11 is 0. The lowest BCUT2D eigenvalue weighted by Crippen LogP contribution is -1.75. The number of hydrogen-bond donors (Lipinski definition) is 1. The van der Waals surface area contributed by atoms with E-state index in [9.17, 15) is 0 Å². The number of fused-ring (bicyclic) bond motifs is 1. The summed E-state index contributed by atoms with van der Waals surface area (Å²) in [6.45, 7) is -0.361. The molecule has 0 aliphatic heterocycles. The molecule has 0 radical (unpaired) electrons. The summed E-state index contributed by atoms with van der Waals surface area (Å²) in [6, 6.07) is 8.53. The highest BCUT2D eigenvalue weighted by Gasteiger charge is 2.12. The smallest absolute Gasteiger partial charge is 0.145 e. The van der Waals surface area contributed by atoms with Gasteiger partial charge in [0.05, 0.1) is 6.61 Å². The monoisotopic (exact) mass is 150 g/mol. The zero-order valence-electron chi connectivity index (χ0n) is 6.16. The van der Waals surface area contributed by atoms with E-state index in [0.717, 1.165) is 0 Å². The second-order valence-corrected chi connectivity index (χ2v) is 2.29. The highest BCUT2D eigenvalue weighted by molar-refractivity contribution is 5.49. The average molecular weight is 150 g/mol. The van der Waals surface area contributed by atoms with Gasteiger partial charge in [0.15, 0.2) is 0 Å². The van der Waals surface area contributed by atoms with Crippen molar-refractivity contribution in [2.75, 3.05) is 6.61 Å². The second-order valence-electron chi connectivity index (χ2n) is 2.29. The van der Waals surface area contributed by atoms with E-state index >= 15 is 0 Å². The van der Waals surface area contributed by atoms with Gasteiger partial charge in [-0.05, 0) is 17.5 Å². The summed E-state index contributed by atoms with van der Waals surface area (Å²) in [6.07, 6.45) is 1.67. The third-order valence-electron chi connectivity index (χ3n) is 1.45. The van der Waals surface area contributed by atoms with Crippen LogP contribution in [0.3, 0.4) is 0 Å². The fourth-order valence-electron chi connectivity index (χ4n) is 0.836. The Kier molecular flexibility index (Phi) is 2.81. The lowest BCUT2D eigenvalue weighted by molar-refractivity contribution is -0.110. The summed E-state index contributed by atoms with van der Waals surface area (Å²) in [7, 11) is 0. The SMILES string of the molecule is O=CCO.c1ccc2c(c1)C2. The molecule has 2 nitrogen and oxygen atoms in total. The number of aliphatic hydroxyl groups is 1. The van der Waals surface area contributed by atoms with Crippen molar-refractivity contribution in [2.24, 2.45) is 0 Å². The van der Waals surface area contributed by atoms with E-state index in [4.69, 9.17) is 9.90 Å². The highest BCUT2D eigenvalue weighted by Crippen LogP contribution is 2.25. The first-order valence-electron chi connectivity index (χ1n) is 3.49. The van der Waals surface area contributed by atoms with Crippen molar-refractivity contribution in [3.8, 4) is 0 Å². The van der Waals surface area contributed by atoms with Crippen LogP contribution in [0.4, 0.5) is 0 Å². The van der Waals surface area contributed by atoms with Crippen LogP contribution in [0.25, 0.3) is 0 Å².